The summed E-state index contributed by atoms with van der Waals surface area (Å²) in [5, 5.41) is 2.97. The normalized spacial score (nSPS) is 11.0. The molecule has 0 atom stereocenters. The quantitative estimate of drug-likeness (QED) is 0.650. The highest BCUT2D eigenvalue weighted by Crippen LogP contribution is 2.28. The number of likely N-dealkylation sites (N-methyl/N-ethyl adjacent to an activating group) is 1. The molecule has 0 saturated carbocycles. The zero-order chi connectivity index (χ0) is 22.0. The van der Waals surface area contributed by atoms with Crippen molar-refractivity contribution in [2.45, 2.75) is 34.2 Å². The zero-order valence-corrected chi connectivity index (χ0v) is 18.1. The number of carbonyl (C=O) groups is 2. The summed E-state index contributed by atoms with van der Waals surface area (Å²) in [6, 6.07) is 4.44. The molecule has 7 nitrogen and oxygen atoms in total. The molecule has 9 heteroatoms. The molecule has 30 heavy (non-hydrogen) atoms. The Labute approximate surface area is 177 Å². The first-order chi connectivity index (χ1) is 14.3. The van der Waals surface area contributed by atoms with Gasteiger partial charge in [0.25, 0.3) is 11.5 Å². The van der Waals surface area contributed by atoms with Crippen LogP contribution in [0.1, 0.15) is 34.6 Å². The molecule has 1 N–H and O–H groups in total. The Bertz CT molecular complexity index is 1180. The Kier molecular flexibility index (Phi) is 6.31. The summed E-state index contributed by atoms with van der Waals surface area (Å²) in [4.78, 5) is 44.7. The minimum absolute atomic E-state index is 0.108. The minimum atomic E-state index is -0.441. The van der Waals surface area contributed by atoms with Crippen LogP contribution in [0.2, 0.25) is 0 Å². The van der Waals surface area contributed by atoms with Crippen LogP contribution in [0.3, 0.4) is 0 Å². The second kappa shape index (κ2) is 8.74. The summed E-state index contributed by atoms with van der Waals surface area (Å²) in [6.07, 6.45) is 1.33. The van der Waals surface area contributed by atoms with Crippen LogP contribution < -0.4 is 10.9 Å². The molecule has 0 aliphatic carbocycles. The van der Waals surface area contributed by atoms with Crippen LogP contribution in [0.15, 0.2) is 29.3 Å². The van der Waals surface area contributed by atoms with Crippen LogP contribution in [0.4, 0.5) is 10.1 Å². The molecule has 0 bridgehead atoms. The van der Waals surface area contributed by atoms with Crippen molar-refractivity contribution in [3.05, 3.63) is 56.7 Å². The molecule has 158 valence electrons. The van der Waals surface area contributed by atoms with Crippen molar-refractivity contribution in [1.29, 1.82) is 0 Å². The fraction of sp³-hybridized carbons (Fsp3) is 0.333. The molecule has 0 spiro atoms. The van der Waals surface area contributed by atoms with E-state index in [-0.39, 0.29) is 18.0 Å². The smallest absolute Gasteiger partial charge is 0.266 e. The van der Waals surface area contributed by atoms with Crippen LogP contribution in [-0.4, -0.2) is 39.4 Å². The largest absolute Gasteiger partial charge is 0.342 e. The number of aryl methyl sites for hydroxylation is 2. The first kappa shape index (κ1) is 21.6. The van der Waals surface area contributed by atoms with Crippen molar-refractivity contribution < 1.29 is 14.0 Å². The van der Waals surface area contributed by atoms with E-state index in [9.17, 15) is 18.8 Å². The minimum Gasteiger partial charge on any atom is -0.342 e. The highest BCUT2D eigenvalue weighted by Gasteiger charge is 2.21. The summed E-state index contributed by atoms with van der Waals surface area (Å²) in [7, 11) is 0. The molecular weight excluding hydrogens is 407 g/mol. The third kappa shape index (κ3) is 4.11. The van der Waals surface area contributed by atoms with E-state index < -0.39 is 11.7 Å². The molecular formula is C21H23FN4O3S. The fourth-order valence-corrected chi connectivity index (χ4v) is 4.20. The number of benzene rings is 1. The number of anilines is 1. The van der Waals surface area contributed by atoms with E-state index in [2.05, 4.69) is 10.3 Å². The number of rotatable bonds is 6. The second-order valence-electron chi connectivity index (χ2n) is 6.90. The average Bonchev–Trinajstić information content (AvgIpc) is 3.05. The predicted octanol–water partition coefficient (Wildman–Crippen LogP) is 3.33. The van der Waals surface area contributed by atoms with Gasteiger partial charge in [0, 0.05) is 18.8 Å². The van der Waals surface area contributed by atoms with Gasteiger partial charge in [0.15, 0.2) is 0 Å². The molecule has 0 saturated heterocycles. The number of nitrogens with zero attached hydrogens (tertiary/aromatic N) is 3. The van der Waals surface area contributed by atoms with Crippen LogP contribution >= 0.6 is 11.3 Å². The third-order valence-electron chi connectivity index (χ3n) is 4.97. The number of thiophene rings is 1. The molecule has 2 amide bonds. The molecule has 3 rings (SSSR count). The van der Waals surface area contributed by atoms with E-state index in [1.807, 2.05) is 13.8 Å². The molecule has 0 radical (unpaired) electrons. The maximum atomic E-state index is 13.8. The standard InChI is InChI=1S/C21H23FN4O3S/c1-5-25(6-2)16(27)10-26-11-23-20-17(21(26)29)13(4)18(30-20)19(28)24-14-8-7-12(3)15(22)9-14/h7-9,11H,5-6,10H2,1-4H3,(H,24,28). The number of hydrogen-bond donors (Lipinski definition) is 1. The van der Waals surface area contributed by atoms with E-state index in [1.165, 1.54) is 17.0 Å². The summed E-state index contributed by atoms with van der Waals surface area (Å²) in [5.41, 5.74) is 0.933. The zero-order valence-electron chi connectivity index (χ0n) is 17.3. The molecule has 0 fully saturated rings. The van der Waals surface area contributed by atoms with Gasteiger partial charge in [-0.15, -0.1) is 11.3 Å². The molecule has 2 heterocycles. The van der Waals surface area contributed by atoms with Gasteiger partial charge in [0.1, 0.15) is 17.2 Å². The number of aromatic nitrogens is 2. The monoisotopic (exact) mass is 430 g/mol. The van der Waals surface area contributed by atoms with Crippen molar-refractivity contribution in [3.63, 3.8) is 0 Å². The van der Waals surface area contributed by atoms with E-state index >= 15 is 0 Å². The highest BCUT2D eigenvalue weighted by atomic mass is 32.1. The summed E-state index contributed by atoms with van der Waals surface area (Å²) >= 11 is 1.09. The van der Waals surface area contributed by atoms with Crippen molar-refractivity contribution >= 4 is 39.1 Å². The molecule has 0 aliphatic rings. The van der Waals surface area contributed by atoms with Crippen molar-refractivity contribution in [1.82, 2.24) is 14.5 Å². The van der Waals surface area contributed by atoms with E-state index in [4.69, 9.17) is 0 Å². The molecule has 3 aromatic rings. The van der Waals surface area contributed by atoms with Crippen molar-refractivity contribution in [3.8, 4) is 0 Å². The number of carbonyl (C=O) groups excluding carboxylic acids is 2. The molecule has 0 unspecified atom stereocenters. The number of nitrogens with one attached hydrogen (secondary N) is 1. The topological polar surface area (TPSA) is 84.3 Å². The van der Waals surface area contributed by atoms with Gasteiger partial charge in [0.2, 0.25) is 5.91 Å². The number of hydrogen-bond acceptors (Lipinski definition) is 5. The first-order valence-corrected chi connectivity index (χ1v) is 10.4. The van der Waals surface area contributed by atoms with Crippen molar-refractivity contribution in [2.75, 3.05) is 18.4 Å². The maximum Gasteiger partial charge on any atom is 0.266 e. The SMILES string of the molecule is CCN(CC)C(=O)Cn1cnc2sc(C(=O)Nc3ccc(C)c(F)c3)c(C)c2c1=O. The number of halogens is 1. The third-order valence-corrected chi connectivity index (χ3v) is 6.17. The Morgan fingerprint density at radius 3 is 2.57 bits per heavy atom. The van der Waals surface area contributed by atoms with Crippen LogP contribution in [-0.2, 0) is 11.3 Å². The Morgan fingerprint density at radius 1 is 1.23 bits per heavy atom. The van der Waals surface area contributed by atoms with Gasteiger partial charge >= 0.3 is 0 Å². The predicted molar refractivity (Wildman–Crippen MR) is 116 cm³/mol. The Hall–Kier alpha value is -3.07. The van der Waals surface area contributed by atoms with Gasteiger partial charge in [-0.2, -0.15) is 0 Å². The summed E-state index contributed by atoms with van der Waals surface area (Å²) in [6.45, 7) is 8.06. The molecule has 2 aromatic heterocycles. The van der Waals surface area contributed by atoms with E-state index in [0.29, 0.717) is 45.0 Å². The lowest BCUT2D eigenvalue weighted by Gasteiger charge is -2.18. The number of amides is 2. The van der Waals surface area contributed by atoms with E-state index in [1.54, 1.807) is 30.9 Å². The van der Waals surface area contributed by atoms with Crippen LogP contribution in [0.5, 0.6) is 0 Å². The first-order valence-electron chi connectivity index (χ1n) is 9.60. The lowest BCUT2D eigenvalue weighted by molar-refractivity contribution is -0.131. The van der Waals surface area contributed by atoms with Crippen LogP contribution in [0, 0.1) is 19.7 Å². The average molecular weight is 431 g/mol. The Balaban J connectivity index is 1.92. The van der Waals surface area contributed by atoms with Gasteiger partial charge in [-0.3, -0.25) is 19.0 Å². The number of fused-ring (bicyclic) bond motifs is 1. The fourth-order valence-electron chi connectivity index (χ4n) is 3.17. The van der Waals surface area contributed by atoms with Crippen molar-refractivity contribution in [2.24, 2.45) is 0 Å². The van der Waals surface area contributed by atoms with Gasteiger partial charge in [-0.05, 0) is 51.0 Å². The lowest BCUT2D eigenvalue weighted by atomic mass is 10.2. The molecule has 1 aromatic carbocycles. The van der Waals surface area contributed by atoms with Gasteiger partial charge in [0.05, 0.1) is 16.6 Å². The lowest BCUT2D eigenvalue weighted by Crippen LogP contribution is -2.36. The summed E-state index contributed by atoms with van der Waals surface area (Å²) < 4.78 is 15.0. The molecule has 0 aliphatic heterocycles. The second-order valence-corrected chi connectivity index (χ2v) is 7.90. The Morgan fingerprint density at radius 2 is 1.93 bits per heavy atom. The van der Waals surface area contributed by atoms with E-state index in [0.717, 1.165) is 11.3 Å². The van der Waals surface area contributed by atoms with Gasteiger partial charge < -0.3 is 10.2 Å². The summed E-state index contributed by atoms with van der Waals surface area (Å²) in [5.74, 6) is -1.03. The van der Waals surface area contributed by atoms with Crippen LogP contribution in [0.25, 0.3) is 10.2 Å². The van der Waals surface area contributed by atoms with Gasteiger partial charge in [-0.1, -0.05) is 6.07 Å². The highest BCUT2D eigenvalue weighted by molar-refractivity contribution is 7.20. The van der Waals surface area contributed by atoms with Gasteiger partial charge in [-0.25, -0.2) is 9.37 Å². The maximum absolute atomic E-state index is 13.8.